The number of rotatable bonds is 6. The number of anilines is 1. The number of guanidine groups is 1. The summed E-state index contributed by atoms with van der Waals surface area (Å²) in [7, 11) is 1.72. The van der Waals surface area contributed by atoms with Crippen LogP contribution in [-0.4, -0.2) is 42.1 Å². The zero-order valence-electron chi connectivity index (χ0n) is 16.0. The van der Waals surface area contributed by atoms with Crippen molar-refractivity contribution in [1.29, 1.82) is 0 Å². The Morgan fingerprint density at radius 3 is 2.93 bits per heavy atom. The topological polar surface area (TPSA) is 104 Å². The van der Waals surface area contributed by atoms with Gasteiger partial charge in [-0.15, -0.1) is 0 Å². The summed E-state index contributed by atoms with van der Waals surface area (Å²) >= 11 is 0. The molecule has 2 aromatic rings. The van der Waals surface area contributed by atoms with E-state index >= 15 is 0 Å². The molecule has 1 aliphatic heterocycles. The quantitative estimate of drug-likeness (QED) is 0.531. The molecule has 0 bridgehead atoms. The predicted molar refractivity (Wildman–Crippen MR) is 104 cm³/mol. The van der Waals surface area contributed by atoms with Gasteiger partial charge in [-0.1, -0.05) is 37.2 Å². The van der Waals surface area contributed by atoms with Crippen LogP contribution in [-0.2, 0) is 11.2 Å². The first kappa shape index (κ1) is 18.9. The highest BCUT2D eigenvalue weighted by molar-refractivity contribution is 5.94. The molecule has 3 rings (SSSR count). The highest BCUT2D eigenvalue weighted by Gasteiger charge is 2.24. The Kier molecular flexibility index (Phi) is 6.05. The van der Waals surface area contributed by atoms with Crippen molar-refractivity contribution in [2.24, 2.45) is 4.99 Å². The third kappa shape index (κ3) is 4.84. The number of fused-ring (bicyclic) bond motifs is 1. The molecular formula is C19H26N6O2. The fraction of sp³-hybridized carbons (Fsp3) is 0.474. The number of aliphatic imine (C=N–C) groups is 1. The van der Waals surface area contributed by atoms with Crippen LogP contribution in [0.1, 0.15) is 49.4 Å². The molecule has 0 radical (unpaired) electrons. The van der Waals surface area contributed by atoms with Crippen LogP contribution in [0.25, 0.3) is 0 Å². The lowest BCUT2D eigenvalue weighted by Crippen LogP contribution is -2.41. The lowest BCUT2D eigenvalue weighted by molar-refractivity contribution is -0.116. The molecule has 1 aromatic heterocycles. The van der Waals surface area contributed by atoms with Crippen LogP contribution >= 0.6 is 0 Å². The molecule has 0 saturated heterocycles. The summed E-state index contributed by atoms with van der Waals surface area (Å²) in [5.41, 5.74) is 2.04. The number of nitrogens with one attached hydrogen (secondary N) is 3. The highest BCUT2D eigenvalue weighted by Crippen LogP contribution is 2.31. The predicted octanol–water partition coefficient (Wildman–Crippen LogP) is 2.03. The normalized spacial score (nSPS) is 16.8. The number of hydrogen-bond donors (Lipinski definition) is 3. The second-order valence-corrected chi connectivity index (χ2v) is 6.87. The summed E-state index contributed by atoms with van der Waals surface area (Å²) in [5, 5.41) is 13.4. The lowest BCUT2D eigenvalue weighted by Gasteiger charge is -2.26. The SMILES string of the molecule is CN=C(NCCc1nc(C(C)C)no1)NCC1CC(=O)Nc2ccccc21. The van der Waals surface area contributed by atoms with Gasteiger partial charge in [0.15, 0.2) is 11.8 Å². The van der Waals surface area contributed by atoms with E-state index < -0.39 is 0 Å². The van der Waals surface area contributed by atoms with Crippen molar-refractivity contribution in [3.63, 3.8) is 0 Å². The van der Waals surface area contributed by atoms with E-state index in [1.165, 1.54) is 0 Å². The second kappa shape index (κ2) is 8.66. The van der Waals surface area contributed by atoms with Crippen LogP contribution < -0.4 is 16.0 Å². The van der Waals surface area contributed by atoms with Gasteiger partial charge in [0.2, 0.25) is 11.8 Å². The summed E-state index contributed by atoms with van der Waals surface area (Å²) in [4.78, 5) is 20.5. The molecule has 3 N–H and O–H groups in total. The molecular weight excluding hydrogens is 344 g/mol. The number of hydrogen-bond acceptors (Lipinski definition) is 5. The minimum Gasteiger partial charge on any atom is -0.356 e. The van der Waals surface area contributed by atoms with Crippen molar-refractivity contribution < 1.29 is 9.32 Å². The third-order valence-electron chi connectivity index (χ3n) is 4.48. The number of benzene rings is 1. The minimum atomic E-state index is 0.0424. The van der Waals surface area contributed by atoms with Gasteiger partial charge in [0.25, 0.3) is 0 Å². The molecule has 0 fully saturated rings. The standard InChI is InChI=1S/C19H26N6O2/c1-12(2)18-24-17(27-25-18)8-9-21-19(20-3)22-11-13-10-16(26)23-15-7-5-4-6-14(13)15/h4-7,12-13H,8-11H2,1-3H3,(H,23,26)(H2,20,21,22). The number of para-hydroxylation sites is 1. The summed E-state index contributed by atoms with van der Waals surface area (Å²) < 4.78 is 5.24. The van der Waals surface area contributed by atoms with Crippen molar-refractivity contribution in [2.75, 3.05) is 25.5 Å². The summed E-state index contributed by atoms with van der Waals surface area (Å²) in [5.74, 6) is 2.42. The van der Waals surface area contributed by atoms with Gasteiger partial charge in [-0.3, -0.25) is 9.79 Å². The van der Waals surface area contributed by atoms with Crippen LogP contribution in [0.15, 0.2) is 33.8 Å². The van der Waals surface area contributed by atoms with Crippen molar-refractivity contribution >= 4 is 17.6 Å². The fourth-order valence-corrected chi connectivity index (χ4v) is 3.02. The number of nitrogens with zero attached hydrogens (tertiary/aromatic N) is 3. The van der Waals surface area contributed by atoms with Crippen LogP contribution in [0.3, 0.4) is 0 Å². The Balaban J connectivity index is 1.50. The summed E-state index contributed by atoms with van der Waals surface area (Å²) in [6, 6.07) is 7.91. The van der Waals surface area contributed by atoms with Gasteiger partial charge in [0.1, 0.15) is 0 Å². The van der Waals surface area contributed by atoms with E-state index in [1.54, 1.807) is 7.05 Å². The van der Waals surface area contributed by atoms with Crippen molar-refractivity contribution in [3.05, 3.63) is 41.5 Å². The average molecular weight is 370 g/mol. The van der Waals surface area contributed by atoms with Gasteiger partial charge in [0, 0.05) is 50.5 Å². The van der Waals surface area contributed by atoms with Gasteiger partial charge in [-0.05, 0) is 11.6 Å². The fourth-order valence-electron chi connectivity index (χ4n) is 3.02. The molecule has 1 unspecified atom stereocenters. The molecule has 1 aromatic carbocycles. The first-order chi connectivity index (χ1) is 13.1. The summed E-state index contributed by atoms with van der Waals surface area (Å²) in [6.07, 6.45) is 1.08. The van der Waals surface area contributed by atoms with E-state index in [9.17, 15) is 4.79 Å². The number of carbonyl (C=O) groups excluding carboxylic acids is 1. The van der Waals surface area contributed by atoms with E-state index in [1.807, 2.05) is 32.0 Å². The van der Waals surface area contributed by atoms with Gasteiger partial charge >= 0.3 is 0 Å². The monoisotopic (exact) mass is 370 g/mol. The first-order valence-corrected chi connectivity index (χ1v) is 9.22. The van der Waals surface area contributed by atoms with Crippen LogP contribution in [0.4, 0.5) is 5.69 Å². The Morgan fingerprint density at radius 1 is 1.37 bits per heavy atom. The molecule has 2 heterocycles. The van der Waals surface area contributed by atoms with Crippen LogP contribution in [0, 0.1) is 0 Å². The third-order valence-corrected chi connectivity index (χ3v) is 4.48. The van der Waals surface area contributed by atoms with Crippen molar-refractivity contribution in [3.8, 4) is 0 Å². The van der Waals surface area contributed by atoms with Gasteiger partial charge in [-0.25, -0.2) is 0 Å². The Hall–Kier alpha value is -2.90. The molecule has 27 heavy (non-hydrogen) atoms. The van der Waals surface area contributed by atoms with E-state index in [0.717, 1.165) is 17.1 Å². The highest BCUT2D eigenvalue weighted by atomic mass is 16.5. The Labute approximate surface area is 158 Å². The molecule has 8 heteroatoms. The van der Waals surface area contributed by atoms with Gasteiger partial charge < -0.3 is 20.5 Å². The number of amides is 1. The average Bonchev–Trinajstić information content (AvgIpc) is 3.13. The molecule has 1 aliphatic rings. The summed E-state index contributed by atoms with van der Waals surface area (Å²) in [6.45, 7) is 5.31. The van der Waals surface area contributed by atoms with E-state index in [4.69, 9.17) is 4.52 Å². The van der Waals surface area contributed by atoms with Crippen molar-refractivity contribution in [2.45, 2.75) is 38.5 Å². The van der Waals surface area contributed by atoms with Crippen LogP contribution in [0.2, 0.25) is 0 Å². The smallest absolute Gasteiger partial charge is 0.228 e. The minimum absolute atomic E-state index is 0.0424. The van der Waals surface area contributed by atoms with Crippen LogP contribution in [0.5, 0.6) is 0 Å². The van der Waals surface area contributed by atoms with E-state index in [-0.39, 0.29) is 17.7 Å². The molecule has 0 saturated carbocycles. The molecule has 0 spiro atoms. The molecule has 1 amide bonds. The molecule has 8 nitrogen and oxygen atoms in total. The largest absolute Gasteiger partial charge is 0.356 e. The first-order valence-electron chi connectivity index (χ1n) is 9.22. The maximum absolute atomic E-state index is 11.9. The van der Waals surface area contributed by atoms with Gasteiger partial charge in [0.05, 0.1) is 0 Å². The maximum Gasteiger partial charge on any atom is 0.228 e. The Bertz CT molecular complexity index is 814. The Morgan fingerprint density at radius 2 is 2.19 bits per heavy atom. The zero-order chi connectivity index (χ0) is 19.2. The second-order valence-electron chi connectivity index (χ2n) is 6.87. The lowest BCUT2D eigenvalue weighted by atomic mass is 9.90. The molecule has 1 atom stereocenters. The van der Waals surface area contributed by atoms with Gasteiger partial charge in [-0.2, -0.15) is 4.98 Å². The zero-order valence-corrected chi connectivity index (χ0v) is 16.0. The number of aromatic nitrogens is 2. The molecule has 144 valence electrons. The molecule has 0 aliphatic carbocycles. The van der Waals surface area contributed by atoms with Crippen molar-refractivity contribution in [1.82, 2.24) is 20.8 Å². The van der Waals surface area contributed by atoms with E-state index in [2.05, 4.69) is 37.1 Å². The maximum atomic E-state index is 11.9. The number of carbonyl (C=O) groups is 1. The van der Waals surface area contributed by atoms with E-state index in [0.29, 0.717) is 37.8 Å².